The van der Waals surface area contributed by atoms with E-state index >= 15 is 0 Å². The number of amides is 1. The Morgan fingerprint density at radius 2 is 1.94 bits per heavy atom. The molecule has 3 N–H and O–H groups in total. The molecule has 2 heterocycles. The molecule has 2 aromatic carbocycles. The number of rotatable bonds is 5. The summed E-state index contributed by atoms with van der Waals surface area (Å²) >= 11 is 5.99. The molecule has 4 rings (SSSR count). The Labute approximate surface area is 181 Å². The number of hydrogen-bond acceptors (Lipinski definition) is 7. The molecule has 0 aliphatic heterocycles. The standard InChI is InChI=1S/C21H16ClN5O4/c1-30-21(29)16-11-24-27(19(16)23)15-7-5-12(6-8-15)20(28)25-18-10-17(26-31-18)13-3-2-4-14(22)9-13/h2-11H,23H2,1H3,(H,25,28). The van der Waals surface area contributed by atoms with Gasteiger partial charge in [-0.25, -0.2) is 9.48 Å². The average Bonchev–Trinajstić information content (AvgIpc) is 3.40. The van der Waals surface area contributed by atoms with Crippen molar-refractivity contribution in [3.63, 3.8) is 0 Å². The third kappa shape index (κ3) is 4.12. The van der Waals surface area contributed by atoms with Gasteiger partial charge in [0.15, 0.2) is 0 Å². The molecule has 2 aromatic heterocycles. The molecule has 4 aromatic rings. The number of esters is 1. The van der Waals surface area contributed by atoms with Crippen molar-refractivity contribution in [2.24, 2.45) is 0 Å². The number of anilines is 2. The quantitative estimate of drug-likeness (QED) is 0.455. The molecule has 0 saturated heterocycles. The highest BCUT2D eigenvalue weighted by molar-refractivity contribution is 6.30. The maximum atomic E-state index is 12.5. The molecule has 0 radical (unpaired) electrons. The van der Waals surface area contributed by atoms with Gasteiger partial charge in [0.1, 0.15) is 17.1 Å². The lowest BCUT2D eigenvalue weighted by molar-refractivity contribution is 0.0602. The van der Waals surface area contributed by atoms with Crippen LogP contribution in [0.3, 0.4) is 0 Å². The van der Waals surface area contributed by atoms with Crippen molar-refractivity contribution in [2.45, 2.75) is 0 Å². The van der Waals surface area contributed by atoms with Gasteiger partial charge in [-0.1, -0.05) is 28.9 Å². The second-order valence-electron chi connectivity index (χ2n) is 6.43. The van der Waals surface area contributed by atoms with Gasteiger partial charge >= 0.3 is 5.97 Å². The Kier molecular flexibility index (Phi) is 5.42. The number of nitrogens with zero attached hydrogens (tertiary/aromatic N) is 3. The Balaban J connectivity index is 1.48. The number of halogens is 1. The van der Waals surface area contributed by atoms with E-state index < -0.39 is 5.97 Å². The highest BCUT2D eigenvalue weighted by atomic mass is 35.5. The summed E-state index contributed by atoms with van der Waals surface area (Å²) in [5, 5.41) is 11.3. The minimum atomic E-state index is -0.580. The van der Waals surface area contributed by atoms with Crippen molar-refractivity contribution in [1.29, 1.82) is 0 Å². The molecular weight excluding hydrogens is 422 g/mol. The van der Waals surface area contributed by atoms with E-state index in [-0.39, 0.29) is 23.2 Å². The van der Waals surface area contributed by atoms with Crippen LogP contribution in [0, 0.1) is 0 Å². The van der Waals surface area contributed by atoms with Crippen LogP contribution in [0.25, 0.3) is 16.9 Å². The van der Waals surface area contributed by atoms with Crippen LogP contribution in [0.1, 0.15) is 20.7 Å². The number of nitrogens with one attached hydrogen (secondary N) is 1. The van der Waals surface area contributed by atoms with Gasteiger partial charge in [0.25, 0.3) is 5.91 Å². The Morgan fingerprint density at radius 1 is 1.16 bits per heavy atom. The van der Waals surface area contributed by atoms with Crippen LogP contribution in [0.5, 0.6) is 0 Å². The minimum absolute atomic E-state index is 0.138. The predicted octanol–water partition coefficient (Wildman–Crippen LogP) is 3.80. The largest absolute Gasteiger partial charge is 0.465 e. The lowest BCUT2D eigenvalue weighted by atomic mass is 10.1. The van der Waals surface area contributed by atoms with Crippen LogP contribution in [0.2, 0.25) is 5.02 Å². The van der Waals surface area contributed by atoms with Crippen molar-refractivity contribution in [3.8, 4) is 16.9 Å². The molecule has 31 heavy (non-hydrogen) atoms. The molecule has 0 fully saturated rings. The van der Waals surface area contributed by atoms with Crippen LogP contribution >= 0.6 is 11.6 Å². The van der Waals surface area contributed by atoms with Crippen LogP contribution in [-0.2, 0) is 4.74 Å². The van der Waals surface area contributed by atoms with Gasteiger partial charge in [0, 0.05) is 22.2 Å². The van der Waals surface area contributed by atoms with Crippen molar-refractivity contribution in [2.75, 3.05) is 18.2 Å². The monoisotopic (exact) mass is 437 g/mol. The van der Waals surface area contributed by atoms with Crippen molar-refractivity contribution >= 4 is 35.2 Å². The van der Waals surface area contributed by atoms with E-state index in [1.54, 1.807) is 48.5 Å². The maximum absolute atomic E-state index is 12.5. The molecule has 9 nitrogen and oxygen atoms in total. The molecule has 156 valence electrons. The smallest absolute Gasteiger partial charge is 0.343 e. The number of nitrogens with two attached hydrogens (primary N) is 1. The van der Waals surface area contributed by atoms with Crippen LogP contribution in [-0.4, -0.2) is 33.9 Å². The summed E-state index contributed by atoms with van der Waals surface area (Å²) in [7, 11) is 1.26. The first-order valence-corrected chi connectivity index (χ1v) is 9.40. The number of aromatic nitrogens is 3. The van der Waals surface area contributed by atoms with E-state index in [2.05, 4.69) is 20.3 Å². The topological polar surface area (TPSA) is 125 Å². The van der Waals surface area contributed by atoms with Crippen LogP contribution < -0.4 is 11.1 Å². The lowest BCUT2D eigenvalue weighted by Crippen LogP contribution is -2.12. The van der Waals surface area contributed by atoms with Gasteiger partial charge < -0.3 is 15.0 Å². The lowest BCUT2D eigenvalue weighted by Gasteiger charge is -2.06. The predicted molar refractivity (Wildman–Crippen MR) is 114 cm³/mol. The summed E-state index contributed by atoms with van der Waals surface area (Å²) in [6, 6.07) is 15.2. The van der Waals surface area contributed by atoms with Crippen LogP contribution in [0.15, 0.2) is 65.3 Å². The number of carbonyl (C=O) groups is 2. The van der Waals surface area contributed by atoms with Crippen LogP contribution in [0.4, 0.5) is 11.7 Å². The number of methoxy groups -OCH3 is 1. The SMILES string of the molecule is COC(=O)c1cnn(-c2ccc(C(=O)Nc3cc(-c4cccc(Cl)c4)no3)cc2)c1N. The van der Waals surface area contributed by atoms with E-state index in [1.165, 1.54) is 18.0 Å². The highest BCUT2D eigenvalue weighted by Gasteiger charge is 2.17. The zero-order chi connectivity index (χ0) is 22.0. The van der Waals surface area contributed by atoms with Gasteiger partial charge in [-0.05, 0) is 36.4 Å². The van der Waals surface area contributed by atoms with E-state index in [0.29, 0.717) is 22.0 Å². The summed E-state index contributed by atoms with van der Waals surface area (Å²) in [5.74, 6) is -0.629. The third-order valence-corrected chi connectivity index (χ3v) is 4.69. The molecule has 0 bridgehead atoms. The molecular formula is C21H16ClN5O4. The number of hydrogen-bond donors (Lipinski definition) is 2. The van der Waals surface area contributed by atoms with E-state index in [1.807, 2.05) is 6.07 Å². The molecule has 0 atom stereocenters. The van der Waals surface area contributed by atoms with Gasteiger partial charge in [-0.3, -0.25) is 10.1 Å². The number of benzene rings is 2. The Bertz CT molecular complexity index is 1260. The summed E-state index contributed by atoms with van der Waals surface area (Å²) < 4.78 is 11.2. The van der Waals surface area contributed by atoms with Gasteiger partial charge in [-0.15, -0.1) is 0 Å². The first-order chi connectivity index (χ1) is 15.0. The van der Waals surface area contributed by atoms with Gasteiger partial charge in [0.05, 0.1) is 19.0 Å². The summed E-state index contributed by atoms with van der Waals surface area (Å²) in [6.07, 6.45) is 1.32. The second-order valence-corrected chi connectivity index (χ2v) is 6.87. The van der Waals surface area contributed by atoms with Crippen molar-refractivity contribution in [1.82, 2.24) is 14.9 Å². The summed E-state index contributed by atoms with van der Waals surface area (Å²) in [4.78, 5) is 24.2. The fraction of sp³-hybridized carbons (Fsp3) is 0.0476. The first kappa shape index (κ1) is 20.2. The number of carbonyl (C=O) groups excluding carboxylic acids is 2. The van der Waals surface area contributed by atoms with Gasteiger partial charge in [0.2, 0.25) is 5.88 Å². The molecule has 0 spiro atoms. The fourth-order valence-corrected chi connectivity index (χ4v) is 3.08. The fourth-order valence-electron chi connectivity index (χ4n) is 2.89. The molecule has 0 aliphatic rings. The minimum Gasteiger partial charge on any atom is -0.465 e. The molecule has 0 unspecified atom stereocenters. The molecule has 0 aliphatic carbocycles. The van der Waals surface area contributed by atoms with E-state index in [0.717, 1.165) is 5.56 Å². The molecule has 1 amide bonds. The van der Waals surface area contributed by atoms with Crippen molar-refractivity contribution < 1.29 is 18.8 Å². The van der Waals surface area contributed by atoms with E-state index in [4.69, 9.17) is 21.9 Å². The van der Waals surface area contributed by atoms with E-state index in [9.17, 15) is 9.59 Å². The van der Waals surface area contributed by atoms with Gasteiger partial charge in [-0.2, -0.15) is 5.10 Å². The summed E-state index contributed by atoms with van der Waals surface area (Å²) in [5.41, 5.74) is 8.39. The maximum Gasteiger partial charge on any atom is 0.343 e. The molecule has 10 heteroatoms. The Hall–Kier alpha value is -4.11. The number of ether oxygens (including phenoxy) is 1. The zero-order valence-corrected chi connectivity index (χ0v) is 17.0. The highest BCUT2D eigenvalue weighted by Crippen LogP contribution is 2.25. The second kappa shape index (κ2) is 8.33. The Morgan fingerprint density at radius 3 is 2.65 bits per heavy atom. The average molecular weight is 438 g/mol. The molecule has 0 saturated carbocycles. The van der Waals surface area contributed by atoms with Crippen molar-refractivity contribution in [3.05, 3.63) is 76.9 Å². The zero-order valence-electron chi connectivity index (χ0n) is 16.2. The summed E-state index contributed by atoms with van der Waals surface area (Å²) in [6.45, 7) is 0. The first-order valence-electron chi connectivity index (χ1n) is 9.02. The number of nitrogen functional groups attached to an aromatic ring is 1. The normalized spacial score (nSPS) is 10.6. The third-order valence-electron chi connectivity index (χ3n) is 4.45.